The zero-order valence-corrected chi connectivity index (χ0v) is 8.29. The largest absolute Gasteiger partial charge is 0.496 e. The highest BCUT2D eigenvalue weighted by atomic mass is 16.5. The Morgan fingerprint density at radius 2 is 2.08 bits per heavy atom. The van der Waals surface area contributed by atoms with Crippen molar-refractivity contribution in [3.05, 3.63) is 42.0 Å². The molecule has 1 rings (SSSR count). The molecule has 0 atom stereocenters. The molecule has 0 unspecified atom stereocenters. The maximum absolute atomic E-state index is 5.25. The van der Waals surface area contributed by atoms with E-state index in [1.807, 2.05) is 25.1 Å². The third-order valence-electron chi connectivity index (χ3n) is 2.01. The Balaban J connectivity index is 2.64. The van der Waals surface area contributed by atoms with Crippen LogP contribution in [0.15, 0.2) is 36.4 Å². The van der Waals surface area contributed by atoms with E-state index in [-0.39, 0.29) is 0 Å². The second kappa shape index (κ2) is 5.41. The first kappa shape index (κ1) is 9.85. The summed E-state index contributed by atoms with van der Waals surface area (Å²) in [5.41, 5.74) is 1.28. The number of methoxy groups -OCH3 is 1. The van der Waals surface area contributed by atoms with E-state index < -0.39 is 0 Å². The lowest BCUT2D eigenvalue weighted by molar-refractivity contribution is 0.409. The number of allylic oxidation sites excluding steroid dienone is 2. The molecule has 0 aliphatic heterocycles. The van der Waals surface area contributed by atoms with Crippen molar-refractivity contribution in [3.8, 4) is 5.75 Å². The Bertz CT molecular complexity index is 276. The number of aryl methyl sites for hydroxylation is 1. The minimum Gasteiger partial charge on any atom is -0.496 e. The van der Waals surface area contributed by atoms with Gasteiger partial charge in [0.1, 0.15) is 5.75 Å². The van der Waals surface area contributed by atoms with Crippen LogP contribution in [0.3, 0.4) is 0 Å². The topological polar surface area (TPSA) is 9.23 Å². The molecular formula is C12H16O. The molecule has 0 fully saturated rings. The SMILES string of the molecule is C/C=C\CCc1ccccc1OC. The number of benzene rings is 1. The molecule has 0 aliphatic rings. The highest BCUT2D eigenvalue weighted by Gasteiger charge is 1.98. The van der Waals surface area contributed by atoms with Crippen LogP contribution in [-0.4, -0.2) is 7.11 Å². The molecule has 0 heterocycles. The highest BCUT2D eigenvalue weighted by molar-refractivity contribution is 5.33. The van der Waals surface area contributed by atoms with Crippen LogP contribution in [0.1, 0.15) is 18.9 Å². The Morgan fingerprint density at radius 3 is 2.77 bits per heavy atom. The van der Waals surface area contributed by atoms with Gasteiger partial charge in [-0.1, -0.05) is 30.4 Å². The smallest absolute Gasteiger partial charge is 0.122 e. The van der Waals surface area contributed by atoms with E-state index in [4.69, 9.17) is 4.74 Å². The van der Waals surface area contributed by atoms with Crippen molar-refractivity contribution in [2.45, 2.75) is 19.8 Å². The molecule has 70 valence electrons. The number of para-hydroxylation sites is 1. The Morgan fingerprint density at radius 1 is 1.31 bits per heavy atom. The number of hydrogen-bond donors (Lipinski definition) is 0. The maximum atomic E-state index is 5.25. The molecule has 0 radical (unpaired) electrons. The molecule has 0 aromatic heterocycles. The molecule has 0 N–H and O–H groups in total. The first-order valence-electron chi connectivity index (χ1n) is 4.61. The van der Waals surface area contributed by atoms with Crippen molar-refractivity contribution in [2.75, 3.05) is 7.11 Å². The van der Waals surface area contributed by atoms with Crippen LogP contribution in [0.4, 0.5) is 0 Å². The van der Waals surface area contributed by atoms with Crippen LogP contribution in [0, 0.1) is 0 Å². The lowest BCUT2D eigenvalue weighted by atomic mass is 10.1. The maximum Gasteiger partial charge on any atom is 0.122 e. The molecule has 1 nitrogen and oxygen atoms in total. The van der Waals surface area contributed by atoms with Crippen molar-refractivity contribution < 1.29 is 4.74 Å². The third kappa shape index (κ3) is 2.94. The van der Waals surface area contributed by atoms with E-state index in [9.17, 15) is 0 Å². The summed E-state index contributed by atoms with van der Waals surface area (Å²) in [4.78, 5) is 0. The molecule has 0 spiro atoms. The van der Waals surface area contributed by atoms with Gasteiger partial charge in [-0.15, -0.1) is 0 Å². The third-order valence-corrected chi connectivity index (χ3v) is 2.01. The van der Waals surface area contributed by atoms with Gasteiger partial charge >= 0.3 is 0 Å². The van der Waals surface area contributed by atoms with Gasteiger partial charge in [0.2, 0.25) is 0 Å². The summed E-state index contributed by atoms with van der Waals surface area (Å²) in [5, 5.41) is 0. The summed E-state index contributed by atoms with van der Waals surface area (Å²) >= 11 is 0. The molecule has 1 aromatic rings. The Kier molecular flexibility index (Phi) is 4.10. The van der Waals surface area contributed by atoms with E-state index in [0.29, 0.717) is 0 Å². The molecule has 0 saturated heterocycles. The average molecular weight is 176 g/mol. The summed E-state index contributed by atoms with van der Waals surface area (Å²) in [7, 11) is 1.72. The Labute approximate surface area is 80.0 Å². The van der Waals surface area contributed by atoms with Gasteiger partial charge in [-0.25, -0.2) is 0 Å². The second-order valence-electron chi connectivity index (χ2n) is 2.92. The fourth-order valence-electron chi connectivity index (χ4n) is 1.32. The average Bonchev–Trinajstić information content (AvgIpc) is 2.19. The molecular weight excluding hydrogens is 160 g/mol. The fourth-order valence-corrected chi connectivity index (χ4v) is 1.32. The number of ether oxygens (including phenoxy) is 1. The van der Waals surface area contributed by atoms with E-state index in [2.05, 4.69) is 18.2 Å². The minimum absolute atomic E-state index is 0.993. The van der Waals surface area contributed by atoms with Gasteiger partial charge in [0, 0.05) is 0 Å². The molecule has 0 aliphatic carbocycles. The van der Waals surface area contributed by atoms with Gasteiger partial charge in [-0.3, -0.25) is 0 Å². The quantitative estimate of drug-likeness (QED) is 0.640. The van der Waals surface area contributed by atoms with E-state index in [1.165, 1.54) is 5.56 Å². The standard InChI is InChI=1S/C12H16O/c1-3-4-5-8-11-9-6-7-10-12(11)13-2/h3-4,6-7,9-10H,5,8H2,1-2H3/b4-3-. The van der Waals surface area contributed by atoms with Crippen LogP contribution in [0.2, 0.25) is 0 Å². The van der Waals surface area contributed by atoms with Crippen LogP contribution >= 0.6 is 0 Å². The Hall–Kier alpha value is -1.24. The van der Waals surface area contributed by atoms with Gasteiger partial charge in [0.15, 0.2) is 0 Å². The van der Waals surface area contributed by atoms with Gasteiger partial charge in [-0.2, -0.15) is 0 Å². The molecule has 0 bridgehead atoms. The van der Waals surface area contributed by atoms with Crippen LogP contribution in [-0.2, 0) is 6.42 Å². The zero-order chi connectivity index (χ0) is 9.52. The van der Waals surface area contributed by atoms with Crippen molar-refractivity contribution in [2.24, 2.45) is 0 Å². The summed E-state index contributed by atoms with van der Waals surface area (Å²) in [6.45, 7) is 2.04. The fraction of sp³-hybridized carbons (Fsp3) is 0.333. The number of hydrogen-bond acceptors (Lipinski definition) is 1. The predicted molar refractivity (Wildman–Crippen MR) is 56.1 cm³/mol. The van der Waals surface area contributed by atoms with Crippen LogP contribution in [0.25, 0.3) is 0 Å². The highest BCUT2D eigenvalue weighted by Crippen LogP contribution is 2.18. The monoisotopic (exact) mass is 176 g/mol. The predicted octanol–water partition coefficient (Wildman–Crippen LogP) is 3.20. The van der Waals surface area contributed by atoms with Crippen LogP contribution < -0.4 is 4.74 Å². The van der Waals surface area contributed by atoms with Crippen molar-refractivity contribution in [1.82, 2.24) is 0 Å². The summed E-state index contributed by atoms with van der Waals surface area (Å²) < 4.78 is 5.25. The van der Waals surface area contributed by atoms with E-state index in [0.717, 1.165) is 18.6 Å². The zero-order valence-electron chi connectivity index (χ0n) is 8.29. The van der Waals surface area contributed by atoms with Gasteiger partial charge in [0.05, 0.1) is 7.11 Å². The number of rotatable bonds is 4. The van der Waals surface area contributed by atoms with Crippen molar-refractivity contribution >= 4 is 0 Å². The van der Waals surface area contributed by atoms with Crippen molar-refractivity contribution in [1.29, 1.82) is 0 Å². The molecule has 1 aromatic carbocycles. The first-order valence-corrected chi connectivity index (χ1v) is 4.61. The summed E-state index contributed by atoms with van der Waals surface area (Å²) in [6, 6.07) is 8.17. The van der Waals surface area contributed by atoms with Crippen molar-refractivity contribution in [3.63, 3.8) is 0 Å². The molecule has 13 heavy (non-hydrogen) atoms. The molecule has 0 saturated carbocycles. The van der Waals surface area contributed by atoms with Crippen LogP contribution in [0.5, 0.6) is 5.75 Å². The van der Waals surface area contributed by atoms with Gasteiger partial charge in [0.25, 0.3) is 0 Å². The van der Waals surface area contributed by atoms with Gasteiger partial charge in [-0.05, 0) is 31.4 Å². The lowest BCUT2D eigenvalue weighted by Gasteiger charge is -2.05. The molecule has 0 amide bonds. The van der Waals surface area contributed by atoms with E-state index >= 15 is 0 Å². The summed E-state index contributed by atoms with van der Waals surface area (Å²) in [5.74, 6) is 0.993. The summed E-state index contributed by atoms with van der Waals surface area (Å²) in [6.07, 6.45) is 6.38. The lowest BCUT2D eigenvalue weighted by Crippen LogP contribution is -1.90. The minimum atomic E-state index is 0.993. The van der Waals surface area contributed by atoms with Gasteiger partial charge < -0.3 is 4.74 Å². The normalized spacial score (nSPS) is 10.6. The second-order valence-corrected chi connectivity index (χ2v) is 2.92. The molecule has 1 heteroatoms. The first-order chi connectivity index (χ1) is 6.38. The van der Waals surface area contributed by atoms with E-state index in [1.54, 1.807) is 7.11 Å².